The smallest absolute Gasteiger partial charge is 0.225 e. The van der Waals surface area contributed by atoms with E-state index in [9.17, 15) is 4.79 Å². The molecule has 1 aromatic heterocycles. The van der Waals surface area contributed by atoms with Gasteiger partial charge in [-0.25, -0.2) is 4.98 Å². The Balaban J connectivity index is 1.78. The van der Waals surface area contributed by atoms with Crippen molar-refractivity contribution < 1.29 is 4.79 Å². The number of aromatic nitrogens is 1. The van der Waals surface area contributed by atoms with E-state index in [4.69, 9.17) is 0 Å². The SMILES string of the molecule is CCCC1CCC(NCc2csc(N(CC)C(C)=O)n2)CC1. The molecule has 1 heterocycles. The molecule has 2 rings (SSSR count). The molecule has 1 aliphatic rings. The number of amides is 1. The molecule has 1 N–H and O–H groups in total. The molecule has 124 valence electrons. The van der Waals surface area contributed by atoms with E-state index in [1.54, 1.807) is 23.2 Å². The molecule has 1 aliphatic carbocycles. The lowest BCUT2D eigenvalue weighted by Gasteiger charge is -2.28. The number of hydrogen-bond donors (Lipinski definition) is 1. The fourth-order valence-electron chi connectivity index (χ4n) is 3.31. The Morgan fingerprint density at radius 1 is 1.36 bits per heavy atom. The fourth-order valence-corrected chi connectivity index (χ4v) is 4.24. The molecule has 0 spiro atoms. The van der Waals surface area contributed by atoms with Crippen molar-refractivity contribution in [1.82, 2.24) is 10.3 Å². The number of hydrogen-bond acceptors (Lipinski definition) is 4. The Morgan fingerprint density at radius 2 is 2.09 bits per heavy atom. The average Bonchev–Trinajstić information content (AvgIpc) is 2.96. The summed E-state index contributed by atoms with van der Waals surface area (Å²) in [5.41, 5.74) is 1.05. The van der Waals surface area contributed by atoms with E-state index in [1.165, 1.54) is 38.5 Å². The van der Waals surface area contributed by atoms with Gasteiger partial charge in [-0.2, -0.15) is 0 Å². The van der Waals surface area contributed by atoms with Crippen LogP contribution < -0.4 is 10.2 Å². The van der Waals surface area contributed by atoms with Gasteiger partial charge in [0.05, 0.1) is 5.69 Å². The maximum absolute atomic E-state index is 11.6. The van der Waals surface area contributed by atoms with E-state index in [-0.39, 0.29) is 5.91 Å². The van der Waals surface area contributed by atoms with E-state index in [0.29, 0.717) is 12.6 Å². The van der Waals surface area contributed by atoms with Crippen molar-refractivity contribution in [2.75, 3.05) is 11.4 Å². The summed E-state index contributed by atoms with van der Waals surface area (Å²) in [4.78, 5) is 17.9. The summed E-state index contributed by atoms with van der Waals surface area (Å²) in [5, 5.41) is 6.52. The first-order valence-electron chi connectivity index (χ1n) is 8.59. The van der Waals surface area contributed by atoms with Gasteiger partial charge in [0, 0.05) is 31.4 Å². The van der Waals surface area contributed by atoms with Crippen molar-refractivity contribution in [2.45, 2.75) is 71.9 Å². The van der Waals surface area contributed by atoms with Crippen molar-refractivity contribution in [2.24, 2.45) is 5.92 Å². The highest BCUT2D eigenvalue weighted by molar-refractivity contribution is 7.14. The van der Waals surface area contributed by atoms with Crippen molar-refractivity contribution in [3.63, 3.8) is 0 Å². The van der Waals surface area contributed by atoms with Crippen LogP contribution in [0.3, 0.4) is 0 Å². The number of carbonyl (C=O) groups excluding carboxylic acids is 1. The molecule has 0 saturated heterocycles. The minimum atomic E-state index is 0.0607. The second kappa shape index (κ2) is 8.63. The molecule has 0 aromatic carbocycles. The predicted octanol–water partition coefficient (Wildman–Crippen LogP) is 3.96. The summed E-state index contributed by atoms with van der Waals surface area (Å²) in [6, 6.07) is 0.633. The fraction of sp³-hybridized carbons (Fsp3) is 0.765. The third kappa shape index (κ3) is 4.78. The van der Waals surface area contributed by atoms with E-state index in [1.807, 2.05) is 6.92 Å². The largest absolute Gasteiger partial charge is 0.308 e. The Kier molecular flexibility index (Phi) is 6.83. The molecule has 1 aromatic rings. The Bertz CT molecular complexity index is 466. The van der Waals surface area contributed by atoms with Gasteiger partial charge in [0.1, 0.15) is 0 Å². The van der Waals surface area contributed by atoms with Gasteiger partial charge in [-0.15, -0.1) is 11.3 Å². The molecule has 0 aliphatic heterocycles. The van der Waals surface area contributed by atoms with Gasteiger partial charge in [-0.05, 0) is 38.5 Å². The van der Waals surface area contributed by atoms with Crippen LogP contribution in [0.4, 0.5) is 5.13 Å². The van der Waals surface area contributed by atoms with Crippen molar-refractivity contribution in [3.05, 3.63) is 11.1 Å². The predicted molar refractivity (Wildman–Crippen MR) is 93.3 cm³/mol. The molecule has 22 heavy (non-hydrogen) atoms. The maximum Gasteiger partial charge on any atom is 0.225 e. The number of nitrogens with one attached hydrogen (secondary N) is 1. The van der Waals surface area contributed by atoms with E-state index in [2.05, 4.69) is 22.6 Å². The van der Waals surface area contributed by atoms with Crippen molar-refractivity contribution in [3.8, 4) is 0 Å². The number of nitrogens with zero attached hydrogens (tertiary/aromatic N) is 2. The van der Waals surface area contributed by atoms with Gasteiger partial charge >= 0.3 is 0 Å². The Labute approximate surface area is 138 Å². The monoisotopic (exact) mass is 323 g/mol. The zero-order valence-corrected chi connectivity index (χ0v) is 14.9. The van der Waals surface area contributed by atoms with Crippen LogP contribution in [0.25, 0.3) is 0 Å². The highest BCUT2D eigenvalue weighted by Gasteiger charge is 2.20. The molecule has 1 saturated carbocycles. The third-order valence-corrected chi connectivity index (χ3v) is 5.49. The lowest BCUT2D eigenvalue weighted by molar-refractivity contribution is -0.116. The Hall–Kier alpha value is -0.940. The Morgan fingerprint density at radius 3 is 2.68 bits per heavy atom. The van der Waals surface area contributed by atoms with E-state index in [0.717, 1.165) is 23.3 Å². The highest BCUT2D eigenvalue weighted by atomic mass is 32.1. The van der Waals surface area contributed by atoms with E-state index < -0.39 is 0 Å². The number of carbonyl (C=O) groups is 1. The van der Waals surface area contributed by atoms with Gasteiger partial charge in [0.15, 0.2) is 5.13 Å². The summed E-state index contributed by atoms with van der Waals surface area (Å²) in [7, 11) is 0. The second-order valence-corrected chi connectivity index (χ2v) is 7.11. The third-order valence-electron chi connectivity index (χ3n) is 4.58. The first-order valence-corrected chi connectivity index (χ1v) is 9.47. The normalized spacial score (nSPS) is 21.8. The van der Waals surface area contributed by atoms with Crippen LogP contribution in [0.5, 0.6) is 0 Å². The highest BCUT2D eigenvalue weighted by Crippen LogP contribution is 2.28. The number of rotatable bonds is 7. The van der Waals surface area contributed by atoms with Crippen LogP contribution in [0.15, 0.2) is 5.38 Å². The molecule has 4 nitrogen and oxygen atoms in total. The molecule has 0 unspecified atom stereocenters. The summed E-state index contributed by atoms with van der Waals surface area (Å²) in [6.07, 6.45) is 8.00. The number of anilines is 1. The first kappa shape index (κ1) is 17.4. The minimum absolute atomic E-state index is 0.0607. The molecule has 0 radical (unpaired) electrons. The molecule has 1 amide bonds. The summed E-state index contributed by atoms with van der Waals surface area (Å²) in [6.45, 7) is 7.35. The zero-order chi connectivity index (χ0) is 15.9. The number of thiazole rings is 1. The van der Waals surface area contributed by atoms with Crippen LogP contribution in [0.1, 0.15) is 65.0 Å². The molecular weight excluding hydrogens is 294 g/mol. The summed E-state index contributed by atoms with van der Waals surface area (Å²) >= 11 is 1.56. The van der Waals surface area contributed by atoms with Crippen LogP contribution in [0, 0.1) is 5.92 Å². The summed E-state index contributed by atoms with van der Waals surface area (Å²) < 4.78 is 0. The van der Waals surface area contributed by atoms with Crippen LogP contribution >= 0.6 is 11.3 Å². The lowest BCUT2D eigenvalue weighted by Crippen LogP contribution is -2.33. The van der Waals surface area contributed by atoms with Gasteiger partial charge in [0.2, 0.25) is 5.91 Å². The second-order valence-electron chi connectivity index (χ2n) is 6.27. The van der Waals surface area contributed by atoms with Crippen molar-refractivity contribution >= 4 is 22.4 Å². The lowest BCUT2D eigenvalue weighted by atomic mass is 9.83. The molecule has 5 heteroatoms. The van der Waals surface area contributed by atoms with Crippen LogP contribution in [-0.4, -0.2) is 23.5 Å². The molecular formula is C17H29N3OS. The van der Waals surface area contributed by atoms with Gasteiger partial charge in [-0.3, -0.25) is 9.69 Å². The van der Waals surface area contributed by atoms with Gasteiger partial charge in [-0.1, -0.05) is 19.8 Å². The first-order chi connectivity index (χ1) is 10.6. The molecule has 0 bridgehead atoms. The maximum atomic E-state index is 11.6. The van der Waals surface area contributed by atoms with Gasteiger partial charge in [0.25, 0.3) is 0 Å². The molecule has 1 fully saturated rings. The zero-order valence-electron chi connectivity index (χ0n) is 14.1. The topological polar surface area (TPSA) is 45.2 Å². The quantitative estimate of drug-likeness (QED) is 0.826. The van der Waals surface area contributed by atoms with Gasteiger partial charge < -0.3 is 5.32 Å². The minimum Gasteiger partial charge on any atom is -0.308 e. The van der Waals surface area contributed by atoms with Crippen molar-refractivity contribution in [1.29, 1.82) is 0 Å². The summed E-state index contributed by atoms with van der Waals surface area (Å²) in [5.74, 6) is 1.01. The standard InChI is InChI=1S/C17H29N3OS/c1-4-6-14-7-9-15(10-8-14)18-11-16-12-22-17(19-16)20(5-2)13(3)21/h12,14-15,18H,4-11H2,1-3H3. The molecule has 0 atom stereocenters. The average molecular weight is 324 g/mol. The van der Waals surface area contributed by atoms with E-state index >= 15 is 0 Å². The van der Waals surface area contributed by atoms with Crippen LogP contribution in [-0.2, 0) is 11.3 Å². The van der Waals surface area contributed by atoms with Crippen LogP contribution in [0.2, 0.25) is 0 Å².